The molecule has 0 heterocycles. The number of esters is 1. The molecule has 0 unspecified atom stereocenters. The molecular formula is C21H16N2O5. The van der Waals surface area contributed by atoms with Crippen LogP contribution in [0.2, 0.25) is 0 Å². The van der Waals surface area contributed by atoms with Gasteiger partial charge in [-0.25, -0.2) is 4.79 Å². The number of anilines is 1. The van der Waals surface area contributed by atoms with Gasteiger partial charge in [0.15, 0.2) is 0 Å². The Morgan fingerprint density at radius 3 is 2.25 bits per heavy atom. The standard InChI is InChI=1S/C21H16N2O5/c1-28-21(25)16-11-15(12-17(13-16)23(26)27)20(24)22-19-10-6-5-9-18(19)14-7-3-2-4-8-14/h2-13H,1H3,(H,22,24). The smallest absolute Gasteiger partial charge is 0.338 e. The first-order valence-electron chi connectivity index (χ1n) is 8.33. The number of para-hydroxylation sites is 1. The van der Waals surface area contributed by atoms with Gasteiger partial charge in [0.2, 0.25) is 0 Å². The number of carbonyl (C=O) groups excluding carboxylic acids is 2. The topological polar surface area (TPSA) is 98.5 Å². The molecule has 0 aromatic heterocycles. The molecule has 0 spiro atoms. The number of amides is 1. The fourth-order valence-electron chi connectivity index (χ4n) is 2.74. The summed E-state index contributed by atoms with van der Waals surface area (Å²) >= 11 is 0. The maximum atomic E-state index is 12.7. The monoisotopic (exact) mass is 376 g/mol. The zero-order chi connectivity index (χ0) is 20.1. The lowest BCUT2D eigenvalue weighted by Crippen LogP contribution is -2.14. The number of methoxy groups -OCH3 is 1. The molecule has 0 radical (unpaired) electrons. The molecule has 3 rings (SSSR count). The number of carbonyl (C=O) groups is 2. The van der Waals surface area contributed by atoms with Crippen LogP contribution in [0.4, 0.5) is 11.4 Å². The Morgan fingerprint density at radius 2 is 1.57 bits per heavy atom. The van der Waals surface area contributed by atoms with Gasteiger partial charge < -0.3 is 10.1 Å². The summed E-state index contributed by atoms with van der Waals surface area (Å²) in [5.74, 6) is -1.33. The van der Waals surface area contributed by atoms with Gasteiger partial charge in [-0.1, -0.05) is 48.5 Å². The number of rotatable bonds is 5. The predicted molar refractivity (Wildman–Crippen MR) is 104 cm³/mol. The molecular weight excluding hydrogens is 360 g/mol. The van der Waals surface area contributed by atoms with Crippen LogP contribution in [0.5, 0.6) is 0 Å². The quantitative estimate of drug-likeness (QED) is 0.407. The highest BCUT2D eigenvalue weighted by atomic mass is 16.6. The average Bonchev–Trinajstić information content (AvgIpc) is 2.73. The Balaban J connectivity index is 1.97. The van der Waals surface area contributed by atoms with Crippen molar-refractivity contribution in [3.05, 3.63) is 94.0 Å². The Bertz CT molecular complexity index is 1050. The SMILES string of the molecule is COC(=O)c1cc(C(=O)Nc2ccccc2-c2ccccc2)cc([N+](=O)[O-])c1. The van der Waals surface area contributed by atoms with Crippen molar-refractivity contribution in [3.63, 3.8) is 0 Å². The summed E-state index contributed by atoms with van der Waals surface area (Å²) in [4.78, 5) is 35.0. The van der Waals surface area contributed by atoms with E-state index in [1.54, 1.807) is 12.1 Å². The lowest BCUT2D eigenvalue weighted by Gasteiger charge is -2.12. The number of nitro benzene ring substituents is 1. The van der Waals surface area contributed by atoms with Gasteiger partial charge in [0, 0.05) is 28.9 Å². The summed E-state index contributed by atoms with van der Waals surface area (Å²) in [6.07, 6.45) is 0. The average molecular weight is 376 g/mol. The second-order valence-electron chi connectivity index (χ2n) is 5.88. The van der Waals surface area contributed by atoms with E-state index < -0.39 is 16.8 Å². The molecule has 0 saturated heterocycles. The summed E-state index contributed by atoms with van der Waals surface area (Å²) in [5.41, 5.74) is 1.80. The van der Waals surface area contributed by atoms with Gasteiger partial charge in [-0.05, 0) is 17.7 Å². The summed E-state index contributed by atoms with van der Waals surface area (Å²) in [6, 6.07) is 20.2. The second kappa shape index (κ2) is 8.13. The Kier molecular flexibility index (Phi) is 5.45. The zero-order valence-corrected chi connectivity index (χ0v) is 14.9. The molecule has 140 valence electrons. The first kappa shape index (κ1) is 18.8. The number of nitrogens with one attached hydrogen (secondary N) is 1. The first-order valence-corrected chi connectivity index (χ1v) is 8.33. The van der Waals surface area contributed by atoms with Gasteiger partial charge >= 0.3 is 5.97 Å². The zero-order valence-electron chi connectivity index (χ0n) is 14.9. The fourth-order valence-corrected chi connectivity index (χ4v) is 2.74. The second-order valence-corrected chi connectivity index (χ2v) is 5.88. The van der Waals surface area contributed by atoms with E-state index >= 15 is 0 Å². The van der Waals surface area contributed by atoms with E-state index in [2.05, 4.69) is 10.1 Å². The molecule has 1 amide bonds. The first-order chi connectivity index (χ1) is 13.5. The lowest BCUT2D eigenvalue weighted by molar-refractivity contribution is -0.384. The van der Waals surface area contributed by atoms with Crippen LogP contribution >= 0.6 is 0 Å². The molecule has 3 aromatic rings. The number of hydrogen-bond donors (Lipinski definition) is 1. The minimum absolute atomic E-state index is 0.0162. The molecule has 28 heavy (non-hydrogen) atoms. The molecule has 0 aliphatic rings. The summed E-state index contributed by atoms with van der Waals surface area (Å²) in [7, 11) is 1.16. The van der Waals surface area contributed by atoms with Crippen LogP contribution in [0.15, 0.2) is 72.8 Å². The number of hydrogen-bond acceptors (Lipinski definition) is 5. The van der Waals surface area contributed by atoms with Crippen LogP contribution in [0, 0.1) is 10.1 Å². The van der Waals surface area contributed by atoms with Crippen molar-refractivity contribution in [3.8, 4) is 11.1 Å². The highest BCUT2D eigenvalue weighted by Gasteiger charge is 2.19. The molecule has 0 saturated carbocycles. The van der Waals surface area contributed by atoms with E-state index in [1.807, 2.05) is 42.5 Å². The Labute approximate surface area is 160 Å². The van der Waals surface area contributed by atoms with Crippen molar-refractivity contribution >= 4 is 23.3 Å². The molecule has 7 heteroatoms. The van der Waals surface area contributed by atoms with Crippen LogP contribution < -0.4 is 5.32 Å². The molecule has 0 bridgehead atoms. The van der Waals surface area contributed by atoms with Gasteiger partial charge in [-0.3, -0.25) is 14.9 Å². The number of non-ortho nitro benzene ring substituents is 1. The molecule has 3 aromatic carbocycles. The van der Waals surface area contributed by atoms with E-state index in [4.69, 9.17) is 0 Å². The van der Waals surface area contributed by atoms with E-state index in [0.717, 1.165) is 30.4 Å². The normalized spacial score (nSPS) is 10.2. The van der Waals surface area contributed by atoms with Crippen molar-refractivity contribution in [1.82, 2.24) is 0 Å². The molecule has 1 N–H and O–H groups in total. The van der Waals surface area contributed by atoms with E-state index in [0.29, 0.717) is 5.69 Å². The van der Waals surface area contributed by atoms with Crippen LogP contribution in [-0.4, -0.2) is 23.9 Å². The summed E-state index contributed by atoms with van der Waals surface area (Å²) in [5, 5.41) is 13.9. The molecule has 7 nitrogen and oxygen atoms in total. The minimum atomic E-state index is -0.762. The fraction of sp³-hybridized carbons (Fsp3) is 0.0476. The number of nitro groups is 1. The predicted octanol–water partition coefficient (Wildman–Crippen LogP) is 4.30. The largest absolute Gasteiger partial charge is 0.465 e. The lowest BCUT2D eigenvalue weighted by atomic mass is 10.0. The Hall–Kier alpha value is -4.00. The Morgan fingerprint density at radius 1 is 0.929 bits per heavy atom. The maximum absolute atomic E-state index is 12.7. The number of benzene rings is 3. The van der Waals surface area contributed by atoms with Crippen molar-refractivity contribution in [2.75, 3.05) is 12.4 Å². The van der Waals surface area contributed by atoms with Crippen LogP contribution in [-0.2, 0) is 4.74 Å². The van der Waals surface area contributed by atoms with Gasteiger partial charge in [0.1, 0.15) is 0 Å². The van der Waals surface area contributed by atoms with Crippen LogP contribution in [0.25, 0.3) is 11.1 Å². The van der Waals surface area contributed by atoms with Gasteiger partial charge in [-0.15, -0.1) is 0 Å². The number of ether oxygens (including phenoxy) is 1. The number of nitrogens with zero attached hydrogens (tertiary/aromatic N) is 1. The van der Waals surface area contributed by atoms with Gasteiger partial charge in [-0.2, -0.15) is 0 Å². The minimum Gasteiger partial charge on any atom is -0.465 e. The van der Waals surface area contributed by atoms with Gasteiger partial charge in [0.05, 0.1) is 17.6 Å². The van der Waals surface area contributed by atoms with Gasteiger partial charge in [0.25, 0.3) is 11.6 Å². The van der Waals surface area contributed by atoms with Crippen LogP contribution in [0.3, 0.4) is 0 Å². The van der Waals surface area contributed by atoms with Crippen molar-refractivity contribution in [1.29, 1.82) is 0 Å². The summed E-state index contributed by atoms with van der Waals surface area (Å²) in [6.45, 7) is 0. The van der Waals surface area contributed by atoms with E-state index in [-0.39, 0.29) is 16.8 Å². The summed E-state index contributed by atoms with van der Waals surface area (Å²) < 4.78 is 4.61. The third-order valence-corrected chi connectivity index (χ3v) is 4.07. The molecule has 0 aliphatic carbocycles. The third-order valence-electron chi connectivity index (χ3n) is 4.07. The van der Waals surface area contributed by atoms with E-state index in [1.165, 1.54) is 6.07 Å². The molecule has 0 fully saturated rings. The van der Waals surface area contributed by atoms with Crippen molar-refractivity contribution in [2.24, 2.45) is 0 Å². The van der Waals surface area contributed by atoms with E-state index in [9.17, 15) is 19.7 Å². The molecule has 0 aliphatic heterocycles. The van der Waals surface area contributed by atoms with Crippen molar-refractivity contribution < 1.29 is 19.2 Å². The third kappa shape index (κ3) is 4.04. The van der Waals surface area contributed by atoms with Crippen molar-refractivity contribution in [2.45, 2.75) is 0 Å². The highest BCUT2D eigenvalue weighted by Crippen LogP contribution is 2.28. The van der Waals surface area contributed by atoms with Crippen LogP contribution in [0.1, 0.15) is 20.7 Å². The molecule has 0 atom stereocenters. The highest BCUT2D eigenvalue weighted by molar-refractivity contribution is 6.08. The maximum Gasteiger partial charge on any atom is 0.338 e.